The molecule has 2 fully saturated rings. The maximum Gasteiger partial charge on any atom is 0.282 e. The standard InChI is InChI=1S/C14H25N5O3S/c1-11(2)17(3)23(20,21)19-8-6-18(7-9-19)10-13-15-14(22-16-13)12-4-5-12/h11-12H,4-10H2,1-3H3. The van der Waals surface area contributed by atoms with Gasteiger partial charge in [-0.15, -0.1) is 0 Å². The van der Waals surface area contributed by atoms with E-state index in [4.69, 9.17) is 4.52 Å². The highest BCUT2D eigenvalue weighted by Crippen LogP contribution is 2.38. The van der Waals surface area contributed by atoms with Crippen molar-refractivity contribution in [1.29, 1.82) is 0 Å². The summed E-state index contributed by atoms with van der Waals surface area (Å²) in [5.41, 5.74) is 0. The fourth-order valence-corrected chi connectivity index (χ4v) is 4.12. The molecular weight excluding hydrogens is 318 g/mol. The van der Waals surface area contributed by atoms with Crippen molar-refractivity contribution >= 4 is 10.2 Å². The predicted molar refractivity (Wildman–Crippen MR) is 84.9 cm³/mol. The first-order chi connectivity index (χ1) is 10.9. The average molecular weight is 343 g/mol. The summed E-state index contributed by atoms with van der Waals surface area (Å²) in [5.74, 6) is 1.91. The molecule has 130 valence electrons. The second-order valence-electron chi connectivity index (χ2n) is 6.62. The van der Waals surface area contributed by atoms with Gasteiger partial charge in [0.25, 0.3) is 10.2 Å². The van der Waals surface area contributed by atoms with Gasteiger partial charge in [-0.3, -0.25) is 4.90 Å². The second kappa shape index (κ2) is 6.46. The zero-order valence-electron chi connectivity index (χ0n) is 14.0. The van der Waals surface area contributed by atoms with Crippen molar-refractivity contribution in [1.82, 2.24) is 23.7 Å². The molecule has 1 aromatic heterocycles. The van der Waals surface area contributed by atoms with Crippen LogP contribution in [0.5, 0.6) is 0 Å². The maximum atomic E-state index is 12.5. The van der Waals surface area contributed by atoms with Crippen LogP contribution < -0.4 is 0 Å². The van der Waals surface area contributed by atoms with E-state index in [9.17, 15) is 8.42 Å². The lowest BCUT2D eigenvalue weighted by Gasteiger charge is -2.36. The Morgan fingerprint density at radius 3 is 2.48 bits per heavy atom. The van der Waals surface area contributed by atoms with Crippen molar-refractivity contribution in [3.63, 3.8) is 0 Å². The molecule has 2 heterocycles. The van der Waals surface area contributed by atoms with Gasteiger partial charge in [-0.05, 0) is 26.7 Å². The number of hydrogen-bond acceptors (Lipinski definition) is 6. The zero-order chi connectivity index (χ0) is 16.6. The minimum Gasteiger partial charge on any atom is -0.339 e. The summed E-state index contributed by atoms with van der Waals surface area (Å²) in [6.07, 6.45) is 2.28. The fraction of sp³-hybridized carbons (Fsp3) is 0.857. The van der Waals surface area contributed by atoms with Crippen molar-refractivity contribution < 1.29 is 12.9 Å². The van der Waals surface area contributed by atoms with Crippen molar-refractivity contribution in [2.24, 2.45) is 0 Å². The third-order valence-corrected chi connectivity index (χ3v) is 6.69. The molecule has 0 spiro atoms. The Morgan fingerprint density at radius 2 is 1.91 bits per heavy atom. The van der Waals surface area contributed by atoms with Gasteiger partial charge in [0.15, 0.2) is 5.82 Å². The van der Waals surface area contributed by atoms with Gasteiger partial charge in [0, 0.05) is 45.2 Å². The van der Waals surface area contributed by atoms with E-state index in [2.05, 4.69) is 15.0 Å². The number of piperazine rings is 1. The van der Waals surface area contributed by atoms with Gasteiger partial charge in [-0.1, -0.05) is 5.16 Å². The molecule has 2 aliphatic rings. The largest absolute Gasteiger partial charge is 0.339 e. The van der Waals surface area contributed by atoms with Crippen LogP contribution in [0.3, 0.4) is 0 Å². The highest BCUT2D eigenvalue weighted by atomic mass is 32.2. The molecule has 0 aromatic carbocycles. The van der Waals surface area contributed by atoms with Gasteiger partial charge in [0.05, 0.1) is 6.54 Å². The van der Waals surface area contributed by atoms with Crippen LogP contribution in [0.1, 0.15) is 44.3 Å². The van der Waals surface area contributed by atoms with Gasteiger partial charge in [-0.2, -0.15) is 22.0 Å². The minimum atomic E-state index is -3.37. The van der Waals surface area contributed by atoms with Crippen LogP contribution in [-0.2, 0) is 16.8 Å². The molecule has 0 bridgehead atoms. The van der Waals surface area contributed by atoms with E-state index in [0.29, 0.717) is 44.5 Å². The Morgan fingerprint density at radius 1 is 1.26 bits per heavy atom. The molecule has 8 nitrogen and oxygen atoms in total. The van der Waals surface area contributed by atoms with Gasteiger partial charge in [0.1, 0.15) is 0 Å². The molecule has 1 aromatic rings. The number of nitrogens with zero attached hydrogens (tertiary/aromatic N) is 5. The quantitative estimate of drug-likeness (QED) is 0.754. The molecule has 1 aliphatic carbocycles. The fourth-order valence-electron chi connectivity index (χ4n) is 2.59. The predicted octanol–water partition coefficient (Wildman–Crippen LogP) is 0.650. The van der Waals surface area contributed by atoms with E-state index in [1.807, 2.05) is 13.8 Å². The van der Waals surface area contributed by atoms with Crippen molar-refractivity contribution in [3.8, 4) is 0 Å². The van der Waals surface area contributed by atoms with Crippen LogP contribution in [0.25, 0.3) is 0 Å². The first-order valence-corrected chi connectivity index (χ1v) is 9.55. The molecule has 0 atom stereocenters. The molecule has 1 aliphatic heterocycles. The van der Waals surface area contributed by atoms with Gasteiger partial charge < -0.3 is 4.52 Å². The summed E-state index contributed by atoms with van der Waals surface area (Å²) < 4.78 is 33.2. The van der Waals surface area contributed by atoms with Crippen LogP contribution in [0.15, 0.2) is 4.52 Å². The summed E-state index contributed by atoms with van der Waals surface area (Å²) in [6, 6.07) is -0.0433. The Balaban J connectivity index is 1.53. The highest BCUT2D eigenvalue weighted by molar-refractivity contribution is 7.86. The van der Waals surface area contributed by atoms with Gasteiger partial charge in [-0.25, -0.2) is 0 Å². The molecule has 0 N–H and O–H groups in total. The molecule has 0 unspecified atom stereocenters. The number of aromatic nitrogens is 2. The normalized spacial score (nSPS) is 21.4. The Hall–Kier alpha value is -1.03. The van der Waals surface area contributed by atoms with E-state index in [1.165, 1.54) is 4.31 Å². The van der Waals surface area contributed by atoms with E-state index < -0.39 is 10.2 Å². The Bertz CT molecular complexity index is 633. The topological polar surface area (TPSA) is 82.8 Å². The third kappa shape index (κ3) is 3.73. The summed E-state index contributed by atoms with van der Waals surface area (Å²) in [5, 5.41) is 4.02. The molecule has 1 saturated carbocycles. The monoisotopic (exact) mass is 343 g/mol. The van der Waals surface area contributed by atoms with Gasteiger partial charge >= 0.3 is 0 Å². The van der Waals surface area contributed by atoms with Crippen LogP contribution in [0, 0.1) is 0 Å². The molecule has 0 amide bonds. The SMILES string of the molecule is CC(C)N(C)S(=O)(=O)N1CCN(Cc2noc(C3CC3)n2)CC1. The first-order valence-electron chi connectivity index (χ1n) is 8.16. The lowest BCUT2D eigenvalue weighted by Crippen LogP contribution is -2.53. The summed E-state index contributed by atoms with van der Waals surface area (Å²) in [4.78, 5) is 6.60. The van der Waals surface area contributed by atoms with Crippen molar-refractivity contribution in [3.05, 3.63) is 11.7 Å². The number of rotatable bonds is 6. The van der Waals surface area contributed by atoms with E-state index in [1.54, 1.807) is 11.4 Å². The summed E-state index contributed by atoms with van der Waals surface area (Å²) >= 11 is 0. The minimum absolute atomic E-state index is 0.0433. The highest BCUT2D eigenvalue weighted by Gasteiger charge is 2.32. The third-order valence-electron chi connectivity index (χ3n) is 4.52. The second-order valence-corrected chi connectivity index (χ2v) is 8.60. The van der Waals surface area contributed by atoms with Crippen LogP contribution in [0.2, 0.25) is 0 Å². The van der Waals surface area contributed by atoms with E-state index >= 15 is 0 Å². The Labute approximate surface area is 137 Å². The van der Waals surface area contributed by atoms with Crippen molar-refractivity contribution in [2.45, 2.75) is 45.2 Å². The van der Waals surface area contributed by atoms with Gasteiger partial charge in [0.2, 0.25) is 5.89 Å². The maximum absolute atomic E-state index is 12.5. The van der Waals surface area contributed by atoms with E-state index in [0.717, 1.165) is 18.7 Å². The van der Waals surface area contributed by atoms with Crippen LogP contribution >= 0.6 is 0 Å². The Kier molecular flexibility index (Phi) is 4.73. The molecule has 1 saturated heterocycles. The zero-order valence-corrected chi connectivity index (χ0v) is 14.8. The molecule has 9 heteroatoms. The smallest absolute Gasteiger partial charge is 0.282 e. The lowest BCUT2D eigenvalue weighted by molar-refractivity contribution is 0.170. The lowest BCUT2D eigenvalue weighted by atomic mass is 10.3. The van der Waals surface area contributed by atoms with Crippen molar-refractivity contribution in [2.75, 3.05) is 33.2 Å². The van der Waals surface area contributed by atoms with Crippen LogP contribution in [-0.4, -0.2) is 71.3 Å². The summed E-state index contributed by atoms with van der Waals surface area (Å²) in [6.45, 7) is 6.71. The molecule has 23 heavy (non-hydrogen) atoms. The molecule has 3 rings (SSSR count). The average Bonchev–Trinajstić information content (AvgIpc) is 3.27. The van der Waals surface area contributed by atoms with E-state index in [-0.39, 0.29) is 6.04 Å². The number of hydrogen-bond donors (Lipinski definition) is 0. The molecule has 0 radical (unpaired) electrons. The summed E-state index contributed by atoms with van der Waals surface area (Å²) in [7, 11) is -1.74. The van der Waals surface area contributed by atoms with Crippen LogP contribution in [0.4, 0.5) is 0 Å². The first kappa shape index (κ1) is 16.8. The molecular formula is C14H25N5O3S.